The van der Waals surface area contributed by atoms with Crippen molar-refractivity contribution < 1.29 is 8.42 Å². The van der Waals surface area contributed by atoms with E-state index in [2.05, 4.69) is 20.2 Å². The summed E-state index contributed by atoms with van der Waals surface area (Å²) in [5, 5.41) is 11.5. The average Bonchev–Trinajstić information content (AvgIpc) is 2.58. The summed E-state index contributed by atoms with van der Waals surface area (Å²) in [6.45, 7) is 0. The summed E-state index contributed by atoms with van der Waals surface area (Å²) in [7, 11) is -3.85. The molecule has 0 aliphatic rings. The van der Waals surface area contributed by atoms with Crippen molar-refractivity contribution in [3.63, 3.8) is 0 Å². The molecule has 0 saturated carbocycles. The van der Waals surface area contributed by atoms with Crippen LogP contribution in [0.15, 0.2) is 65.6 Å². The Balaban J connectivity index is 1.77. The molecule has 9 heteroatoms. The van der Waals surface area contributed by atoms with Gasteiger partial charge < -0.3 is 5.32 Å². The van der Waals surface area contributed by atoms with Crippen molar-refractivity contribution in [2.45, 2.75) is 4.90 Å². The summed E-state index contributed by atoms with van der Waals surface area (Å²) in [6, 6.07) is 16.4. The maximum absolute atomic E-state index is 12.3. The number of para-hydroxylation sites is 1. The van der Waals surface area contributed by atoms with Gasteiger partial charge in [0.2, 0.25) is 0 Å². The van der Waals surface area contributed by atoms with E-state index in [-0.39, 0.29) is 15.7 Å². The topological polar surface area (TPSA) is 84.0 Å². The number of rotatable bonds is 5. The van der Waals surface area contributed by atoms with Crippen LogP contribution in [-0.4, -0.2) is 18.6 Å². The highest BCUT2D eigenvalue weighted by molar-refractivity contribution is 7.92. The first-order chi connectivity index (χ1) is 12.0. The predicted octanol–water partition coefficient (Wildman–Crippen LogP) is 4.33. The number of sulfonamides is 1. The van der Waals surface area contributed by atoms with Crippen LogP contribution in [-0.2, 0) is 10.0 Å². The van der Waals surface area contributed by atoms with E-state index < -0.39 is 10.0 Å². The first-order valence-corrected chi connectivity index (χ1v) is 9.32. The molecule has 25 heavy (non-hydrogen) atoms. The van der Waals surface area contributed by atoms with Gasteiger partial charge in [0.15, 0.2) is 11.6 Å². The van der Waals surface area contributed by atoms with Crippen molar-refractivity contribution in [3.05, 3.63) is 70.7 Å². The van der Waals surface area contributed by atoms with E-state index in [0.29, 0.717) is 16.5 Å². The van der Waals surface area contributed by atoms with Crippen molar-refractivity contribution in [1.29, 1.82) is 0 Å². The van der Waals surface area contributed by atoms with Crippen LogP contribution in [0.5, 0.6) is 0 Å². The number of halogens is 2. The predicted molar refractivity (Wildman–Crippen MR) is 99.0 cm³/mol. The molecule has 3 aromatic rings. The zero-order chi connectivity index (χ0) is 17.9. The minimum absolute atomic E-state index is 0.0308. The standard InChI is InChI=1S/C16H12Cl2N4O2S/c17-11-5-1-3-7-13(11)19-15-9-10-16(21-20-15)22-25(23,24)14-8-4-2-6-12(14)18/h1-10H,(H,19,20)(H,21,22). The summed E-state index contributed by atoms with van der Waals surface area (Å²) in [5.74, 6) is 0.499. The second-order valence-electron chi connectivity index (χ2n) is 4.94. The van der Waals surface area contributed by atoms with Crippen LogP contribution >= 0.6 is 23.2 Å². The van der Waals surface area contributed by atoms with Crippen LogP contribution in [0.2, 0.25) is 10.0 Å². The third-order valence-corrected chi connectivity index (χ3v) is 5.35. The third-order valence-electron chi connectivity index (χ3n) is 3.17. The molecule has 0 bridgehead atoms. The Morgan fingerprint density at radius 2 is 1.36 bits per heavy atom. The van der Waals surface area contributed by atoms with E-state index in [1.165, 1.54) is 18.2 Å². The van der Waals surface area contributed by atoms with Crippen LogP contribution in [0.3, 0.4) is 0 Å². The average molecular weight is 395 g/mol. The molecule has 0 atom stereocenters. The molecule has 0 spiro atoms. The molecule has 0 amide bonds. The van der Waals surface area contributed by atoms with Crippen molar-refractivity contribution in [3.8, 4) is 0 Å². The SMILES string of the molecule is O=S(=O)(Nc1ccc(Nc2ccccc2Cl)nn1)c1ccccc1Cl. The summed E-state index contributed by atoms with van der Waals surface area (Å²) < 4.78 is 27.0. The van der Waals surface area contributed by atoms with E-state index in [4.69, 9.17) is 23.2 Å². The van der Waals surface area contributed by atoms with Crippen molar-refractivity contribution in [2.75, 3.05) is 10.0 Å². The fourth-order valence-electron chi connectivity index (χ4n) is 2.01. The van der Waals surface area contributed by atoms with E-state index in [0.717, 1.165) is 0 Å². The lowest BCUT2D eigenvalue weighted by Gasteiger charge is -2.09. The summed E-state index contributed by atoms with van der Waals surface area (Å²) in [6.07, 6.45) is 0. The molecule has 0 unspecified atom stereocenters. The van der Waals surface area contributed by atoms with Crippen molar-refractivity contribution in [2.24, 2.45) is 0 Å². The lowest BCUT2D eigenvalue weighted by molar-refractivity contribution is 0.601. The smallest absolute Gasteiger partial charge is 0.264 e. The maximum Gasteiger partial charge on any atom is 0.264 e. The highest BCUT2D eigenvalue weighted by Crippen LogP contribution is 2.25. The number of hydrogen-bond acceptors (Lipinski definition) is 5. The van der Waals surface area contributed by atoms with Gasteiger partial charge in [-0.05, 0) is 36.4 Å². The van der Waals surface area contributed by atoms with Crippen LogP contribution in [0.25, 0.3) is 0 Å². The van der Waals surface area contributed by atoms with Gasteiger partial charge >= 0.3 is 0 Å². The molecule has 0 aliphatic heterocycles. The normalized spacial score (nSPS) is 11.1. The minimum Gasteiger partial charge on any atom is -0.338 e. The Kier molecular flexibility index (Phi) is 5.08. The molecular weight excluding hydrogens is 383 g/mol. The number of anilines is 3. The van der Waals surface area contributed by atoms with Crippen molar-refractivity contribution >= 4 is 50.5 Å². The van der Waals surface area contributed by atoms with E-state index >= 15 is 0 Å². The molecule has 2 aromatic carbocycles. The van der Waals surface area contributed by atoms with Gasteiger partial charge in [-0.25, -0.2) is 8.42 Å². The molecular formula is C16H12Cl2N4O2S. The van der Waals surface area contributed by atoms with Gasteiger partial charge in [-0.15, -0.1) is 10.2 Å². The van der Waals surface area contributed by atoms with E-state index in [9.17, 15) is 8.42 Å². The maximum atomic E-state index is 12.3. The van der Waals surface area contributed by atoms with Gasteiger partial charge in [-0.3, -0.25) is 4.72 Å². The number of nitrogens with one attached hydrogen (secondary N) is 2. The molecule has 3 rings (SSSR count). The number of nitrogens with zero attached hydrogens (tertiary/aromatic N) is 2. The Labute approximate surface area is 154 Å². The van der Waals surface area contributed by atoms with Gasteiger partial charge in [0.1, 0.15) is 4.90 Å². The summed E-state index contributed by atoms with van der Waals surface area (Å²) >= 11 is 12.0. The van der Waals surface area contributed by atoms with E-state index in [1.54, 1.807) is 30.3 Å². The van der Waals surface area contributed by atoms with Gasteiger partial charge in [0, 0.05) is 0 Å². The quantitative estimate of drug-likeness (QED) is 0.672. The highest BCUT2D eigenvalue weighted by Gasteiger charge is 2.18. The highest BCUT2D eigenvalue weighted by atomic mass is 35.5. The largest absolute Gasteiger partial charge is 0.338 e. The molecule has 0 aliphatic carbocycles. The Hall–Kier alpha value is -2.35. The van der Waals surface area contributed by atoms with Gasteiger partial charge in [0.25, 0.3) is 10.0 Å². The number of hydrogen-bond donors (Lipinski definition) is 2. The lowest BCUT2D eigenvalue weighted by atomic mass is 10.3. The summed E-state index contributed by atoms with van der Waals surface area (Å²) in [4.78, 5) is -0.0308. The molecule has 0 saturated heterocycles. The monoisotopic (exact) mass is 394 g/mol. The first kappa shape index (κ1) is 17.5. The lowest BCUT2D eigenvalue weighted by Crippen LogP contribution is -2.14. The van der Waals surface area contributed by atoms with Crippen LogP contribution < -0.4 is 10.0 Å². The van der Waals surface area contributed by atoms with E-state index in [1.807, 2.05) is 12.1 Å². The summed E-state index contributed by atoms with van der Waals surface area (Å²) in [5.41, 5.74) is 0.669. The molecule has 2 N–H and O–H groups in total. The van der Waals surface area contributed by atoms with Gasteiger partial charge in [0.05, 0.1) is 15.7 Å². The number of aromatic nitrogens is 2. The fourth-order valence-corrected chi connectivity index (χ4v) is 3.71. The molecule has 6 nitrogen and oxygen atoms in total. The van der Waals surface area contributed by atoms with Crippen LogP contribution in [0.1, 0.15) is 0 Å². The second kappa shape index (κ2) is 7.26. The van der Waals surface area contributed by atoms with Crippen LogP contribution in [0, 0.1) is 0 Å². The van der Waals surface area contributed by atoms with Crippen molar-refractivity contribution in [1.82, 2.24) is 10.2 Å². The Bertz CT molecular complexity index is 995. The Morgan fingerprint density at radius 3 is 2.00 bits per heavy atom. The molecule has 1 heterocycles. The first-order valence-electron chi connectivity index (χ1n) is 7.08. The molecule has 1 aromatic heterocycles. The zero-order valence-corrected chi connectivity index (χ0v) is 15.0. The molecule has 0 radical (unpaired) electrons. The fraction of sp³-hybridized carbons (Fsp3) is 0. The van der Waals surface area contributed by atoms with Gasteiger partial charge in [-0.1, -0.05) is 47.5 Å². The van der Waals surface area contributed by atoms with Crippen LogP contribution in [0.4, 0.5) is 17.3 Å². The van der Waals surface area contributed by atoms with Gasteiger partial charge in [-0.2, -0.15) is 0 Å². The molecule has 128 valence electrons. The molecule has 0 fully saturated rings. The second-order valence-corrected chi connectivity index (χ2v) is 7.41. The minimum atomic E-state index is -3.85. The third kappa shape index (κ3) is 4.19. The zero-order valence-electron chi connectivity index (χ0n) is 12.6. The Morgan fingerprint density at radius 1 is 0.760 bits per heavy atom. The number of benzene rings is 2.